The minimum atomic E-state index is -1.90. The van der Waals surface area contributed by atoms with Crippen LogP contribution in [-0.2, 0) is 9.53 Å². The van der Waals surface area contributed by atoms with Crippen LogP contribution < -0.4 is 5.73 Å². The molecule has 0 aliphatic carbocycles. The first-order valence-corrected chi connectivity index (χ1v) is 8.31. The fourth-order valence-electron chi connectivity index (χ4n) is 2.00. The van der Waals surface area contributed by atoms with E-state index < -0.39 is 18.2 Å². The summed E-state index contributed by atoms with van der Waals surface area (Å²) < 4.78 is 18.9. The Morgan fingerprint density at radius 2 is 1.91 bits per heavy atom. The molecule has 23 heavy (non-hydrogen) atoms. The normalized spacial score (nSPS) is 13.4. The van der Waals surface area contributed by atoms with Gasteiger partial charge in [-0.3, -0.25) is 0 Å². The number of benzene rings is 2. The standard InChI is InChI=1S/C17H17ClFNO2S/c1-2-22-17(21)15(19)16(20)13-5-3-4-6-14(13)23-12-9-7-11(18)8-10-12/h3-10,15-16H,2,20H2,1H3/t15?,16-/m0/s1. The highest BCUT2D eigenvalue weighted by atomic mass is 35.5. The van der Waals surface area contributed by atoms with E-state index in [4.69, 9.17) is 22.1 Å². The summed E-state index contributed by atoms with van der Waals surface area (Å²) in [4.78, 5) is 13.3. The maximum absolute atomic E-state index is 14.2. The zero-order valence-electron chi connectivity index (χ0n) is 12.5. The van der Waals surface area contributed by atoms with E-state index in [0.29, 0.717) is 10.6 Å². The van der Waals surface area contributed by atoms with Gasteiger partial charge >= 0.3 is 5.97 Å². The van der Waals surface area contributed by atoms with Crippen LogP contribution in [0.1, 0.15) is 18.5 Å². The van der Waals surface area contributed by atoms with E-state index in [1.807, 2.05) is 24.3 Å². The Balaban J connectivity index is 2.22. The van der Waals surface area contributed by atoms with Crippen molar-refractivity contribution in [2.24, 2.45) is 5.73 Å². The van der Waals surface area contributed by atoms with E-state index in [0.717, 1.165) is 9.79 Å². The number of ether oxygens (including phenoxy) is 1. The van der Waals surface area contributed by atoms with Crippen LogP contribution in [0.4, 0.5) is 4.39 Å². The highest BCUT2D eigenvalue weighted by Crippen LogP contribution is 2.34. The lowest BCUT2D eigenvalue weighted by Crippen LogP contribution is -2.31. The Labute approximate surface area is 144 Å². The highest BCUT2D eigenvalue weighted by Gasteiger charge is 2.29. The number of nitrogens with two attached hydrogens (primary N) is 1. The monoisotopic (exact) mass is 353 g/mol. The Hall–Kier alpha value is -1.56. The van der Waals surface area contributed by atoms with E-state index in [1.54, 1.807) is 31.2 Å². The van der Waals surface area contributed by atoms with Crippen molar-refractivity contribution in [2.45, 2.75) is 28.9 Å². The summed E-state index contributed by atoms with van der Waals surface area (Å²) in [5.41, 5.74) is 6.50. The predicted octanol–water partition coefficient (Wildman–Crippen LogP) is 4.39. The second-order valence-electron chi connectivity index (χ2n) is 4.77. The fourth-order valence-corrected chi connectivity index (χ4v) is 3.13. The molecule has 0 saturated heterocycles. The molecular weight excluding hydrogens is 337 g/mol. The van der Waals surface area contributed by atoms with Crippen molar-refractivity contribution in [3.63, 3.8) is 0 Å². The van der Waals surface area contributed by atoms with Crippen molar-refractivity contribution in [2.75, 3.05) is 6.61 Å². The maximum atomic E-state index is 14.2. The molecule has 2 N–H and O–H groups in total. The van der Waals surface area contributed by atoms with Crippen LogP contribution in [0.3, 0.4) is 0 Å². The summed E-state index contributed by atoms with van der Waals surface area (Å²) in [6.07, 6.45) is -1.90. The van der Waals surface area contributed by atoms with Crippen LogP contribution in [0.15, 0.2) is 58.3 Å². The van der Waals surface area contributed by atoms with Gasteiger partial charge in [0.2, 0.25) is 6.17 Å². The predicted molar refractivity (Wildman–Crippen MR) is 90.5 cm³/mol. The lowest BCUT2D eigenvalue weighted by Gasteiger charge is -2.18. The molecule has 0 aliphatic heterocycles. The molecule has 0 bridgehead atoms. The van der Waals surface area contributed by atoms with Gasteiger partial charge in [0, 0.05) is 14.8 Å². The summed E-state index contributed by atoms with van der Waals surface area (Å²) in [6, 6.07) is 13.4. The molecule has 122 valence electrons. The molecule has 0 fully saturated rings. The van der Waals surface area contributed by atoms with Gasteiger partial charge in [-0.25, -0.2) is 9.18 Å². The smallest absolute Gasteiger partial charge is 0.342 e. The largest absolute Gasteiger partial charge is 0.464 e. The highest BCUT2D eigenvalue weighted by molar-refractivity contribution is 7.99. The van der Waals surface area contributed by atoms with E-state index in [-0.39, 0.29) is 6.61 Å². The Morgan fingerprint density at radius 1 is 1.26 bits per heavy atom. The lowest BCUT2D eigenvalue weighted by atomic mass is 10.0. The molecule has 0 saturated carbocycles. The number of hydrogen-bond donors (Lipinski definition) is 1. The summed E-state index contributed by atoms with van der Waals surface area (Å²) >= 11 is 7.31. The Kier molecular flexibility index (Phi) is 6.45. The minimum Gasteiger partial charge on any atom is -0.464 e. The molecule has 0 radical (unpaired) electrons. The Bertz CT molecular complexity index is 666. The van der Waals surface area contributed by atoms with Gasteiger partial charge < -0.3 is 10.5 Å². The van der Waals surface area contributed by atoms with E-state index >= 15 is 0 Å². The van der Waals surface area contributed by atoms with E-state index in [1.165, 1.54) is 11.8 Å². The van der Waals surface area contributed by atoms with Crippen molar-refractivity contribution >= 4 is 29.3 Å². The van der Waals surface area contributed by atoms with Gasteiger partial charge in [-0.2, -0.15) is 0 Å². The lowest BCUT2D eigenvalue weighted by molar-refractivity contribution is -0.149. The van der Waals surface area contributed by atoms with Gasteiger partial charge in [0.05, 0.1) is 12.6 Å². The van der Waals surface area contributed by atoms with Gasteiger partial charge in [0.15, 0.2) is 0 Å². The molecule has 2 aromatic rings. The van der Waals surface area contributed by atoms with Crippen molar-refractivity contribution in [3.05, 3.63) is 59.1 Å². The summed E-state index contributed by atoms with van der Waals surface area (Å²) in [6.45, 7) is 1.74. The summed E-state index contributed by atoms with van der Waals surface area (Å²) in [5, 5.41) is 0.644. The van der Waals surface area contributed by atoms with Crippen LogP contribution in [0.2, 0.25) is 5.02 Å². The van der Waals surface area contributed by atoms with Crippen molar-refractivity contribution in [3.8, 4) is 0 Å². The third kappa shape index (κ3) is 4.70. The van der Waals surface area contributed by atoms with Crippen LogP contribution in [0.5, 0.6) is 0 Å². The topological polar surface area (TPSA) is 52.3 Å². The van der Waals surface area contributed by atoms with Crippen LogP contribution in [-0.4, -0.2) is 18.7 Å². The quantitative estimate of drug-likeness (QED) is 0.782. The molecule has 2 aromatic carbocycles. The first-order chi connectivity index (χ1) is 11.0. The van der Waals surface area contributed by atoms with Gasteiger partial charge in [-0.1, -0.05) is 41.6 Å². The van der Waals surface area contributed by atoms with Crippen LogP contribution >= 0.6 is 23.4 Å². The Morgan fingerprint density at radius 3 is 2.57 bits per heavy atom. The van der Waals surface area contributed by atoms with Crippen molar-refractivity contribution < 1.29 is 13.9 Å². The second kappa shape index (κ2) is 8.34. The molecule has 2 atom stereocenters. The van der Waals surface area contributed by atoms with E-state index in [2.05, 4.69) is 0 Å². The molecule has 0 amide bonds. The number of hydrogen-bond acceptors (Lipinski definition) is 4. The average Bonchev–Trinajstić information content (AvgIpc) is 2.56. The zero-order chi connectivity index (χ0) is 16.8. The molecule has 6 heteroatoms. The van der Waals surface area contributed by atoms with Crippen molar-refractivity contribution in [1.82, 2.24) is 0 Å². The summed E-state index contributed by atoms with van der Waals surface area (Å²) in [5.74, 6) is -0.939. The molecule has 0 heterocycles. The SMILES string of the molecule is CCOC(=O)C(F)[C@@H](N)c1ccccc1Sc1ccc(Cl)cc1. The number of rotatable bonds is 6. The second-order valence-corrected chi connectivity index (χ2v) is 6.33. The first kappa shape index (κ1) is 17.8. The van der Waals surface area contributed by atoms with Crippen LogP contribution in [0.25, 0.3) is 0 Å². The molecule has 2 rings (SSSR count). The van der Waals surface area contributed by atoms with Gasteiger partial charge in [0.1, 0.15) is 0 Å². The number of alkyl halides is 1. The number of esters is 1. The number of halogens is 2. The third-order valence-electron chi connectivity index (χ3n) is 3.15. The molecule has 0 aliphatic rings. The molecule has 0 aromatic heterocycles. The summed E-state index contributed by atoms with van der Waals surface area (Å²) in [7, 11) is 0. The van der Waals surface area contributed by atoms with Gasteiger partial charge in [-0.15, -0.1) is 0 Å². The molecule has 3 nitrogen and oxygen atoms in total. The molecular formula is C17H17ClFNO2S. The maximum Gasteiger partial charge on any atom is 0.342 e. The van der Waals surface area contributed by atoms with Crippen LogP contribution in [0, 0.1) is 0 Å². The first-order valence-electron chi connectivity index (χ1n) is 7.11. The number of carbonyl (C=O) groups excluding carboxylic acids is 1. The minimum absolute atomic E-state index is 0.118. The molecule has 0 spiro atoms. The molecule has 1 unspecified atom stereocenters. The number of carbonyl (C=O) groups is 1. The average molecular weight is 354 g/mol. The third-order valence-corrected chi connectivity index (χ3v) is 4.50. The van der Waals surface area contributed by atoms with Gasteiger partial charge in [0.25, 0.3) is 0 Å². The zero-order valence-corrected chi connectivity index (χ0v) is 14.1. The fraction of sp³-hybridized carbons (Fsp3) is 0.235. The van der Waals surface area contributed by atoms with E-state index in [9.17, 15) is 9.18 Å². The van der Waals surface area contributed by atoms with Gasteiger partial charge in [-0.05, 0) is 42.8 Å². The van der Waals surface area contributed by atoms with Crippen molar-refractivity contribution in [1.29, 1.82) is 0 Å².